The van der Waals surface area contributed by atoms with Gasteiger partial charge >= 0.3 is 5.97 Å². The number of anilines is 1. The van der Waals surface area contributed by atoms with Crippen molar-refractivity contribution < 1.29 is 19.1 Å². The van der Waals surface area contributed by atoms with Gasteiger partial charge in [0.15, 0.2) is 11.0 Å². The summed E-state index contributed by atoms with van der Waals surface area (Å²) in [7, 11) is 1.78. The van der Waals surface area contributed by atoms with Crippen LogP contribution in [0.4, 0.5) is 5.00 Å². The molecule has 0 spiro atoms. The van der Waals surface area contributed by atoms with E-state index < -0.39 is 5.97 Å². The summed E-state index contributed by atoms with van der Waals surface area (Å²) in [5, 5.41) is 13.0. The summed E-state index contributed by atoms with van der Waals surface area (Å²) in [5.74, 6) is 0.384. The van der Waals surface area contributed by atoms with Crippen LogP contribution in [0.3, 0.4) is 0 Å². The van der Waals surface area contributed by atoms with E-state index in [0.717, 1.165) is 11.3 Å². The minimum Gasteiger partial charge on any atom is -0.484 e. The second-order valence-corrected chi connectivity index (χ2v) is 9.61. The number of thioether (sulfide) groups is 1. The number of hydrogen-bond acceptors (Lipinski definition) is 8. The van der Waals surface area contributed by atoms with Gasteiger partial charge in [0, 0.05) is 23.0 Å². The number of benzene rings is 1. The second kappa shape index (κ2) is 11.7. The van der Waals surface area contributed by atoms with Crippen LogP contribution in [-0.2, 0) is 29.6 Å². The van der Waals surface area contributed by atoms with Crippen LogP contribution >= 0.6 is 46.3 Å². The SMILES string of the molecule is CCOC(=O)c1cc(CC)sc1NC(=O)CSc1nnc(COc2cc(Cl)ccc2Cl)n1C. The second-order valence-electron chi connectivity index (χ2n) is 6.69. The molecule has 0 bridgehead atoms. The van der Waals surface area contributed by atoms with Crippen molar-refractivity contribution in [3.63, 3.8) is 0 Å². The fourth-order valence-corrected chi connectivity index (χ4v) is 4.75. The maximum absolute atomic E-state index is 12.5. The number of carbonyl (C=O) groups excluding carboxylic acids is 2. The van der Waals surface area contributed by atoms with Gasteiger partial charge < -0.3 is 19.4 Å². The number of aromatic nitrogens is 3. The maximum atomic E-state index is 12.5. The monoisotopic (exact) mass is 528 g/mol. The Morgan fingerprint density at radius 2 is 2.00 bits per heavy atom. The molecule has 1 N–H and O–H groups in total. The first-order valence-corrected chi connectivity index (χ1v) is 12.6. The minimum absolute atomic E-state index is 0.0918. The number of nitrogens with zero attached hydrogens (tertiary/aromatic N) is 3. The van der Waals surface area contributed by atoms with Crippen molar-refractivity contribution in [1.29, 1.82) is 0 Å². The van der Waals surface area contributed by atoms with E-state index in [1.165, 1.54) is 23.1 Å². The van der Waals surface area contributed by atoms with Crippen molar-refractivity contribution in [2.75, 3.05) is 17.7 Å². The third kappa shape index (κ3) is 6.63. The van der Waals surface area contributed by atoms with Crippen LogP contribution in [0.1, 0.15) is 34.9 Å². The van der Waals surface area contributed by atoms with E-state index in [-0.39, 0.29) is 24.9 Å². The zero-order chi connectivity index (χ0) is 24.0. The van der Waals surface area contributed by atoms with Crippen LogP contribution in [0.15, 0.2) is 29.4 Å². The number of nitrogens with one attached hydrogen (secondary N) is 1. The van der Waals surface area contributed by atoms with Crippen molar-refractivity contribution in [3.8, 4) is 5.75 Å². The number of hydrogen-bond donors (Lipinski definition) is 1. The molecule has 0 saturated carbocycles. The Kier molecular flexibility index (Phi) is 9.02. The number of amides is 1. The van der Waals surface area contributed by atoms with Crippen LogP contribution in [0.25, 0.3) is 0 Å². The van der Waals surface area contributed by atoms with Gasteiger partial charge in [-0.05, 0) is 31.5 Å². The fraction of sp³-hybridized carbons (Fsp3) is 0.333. The van der Waals surface area contributed by atoms with Crippen molar-refractivity contribution in [3.05, 3.63) is 50.6 Å². The van der Waals surface area contributed by atoms with E-state index in [1.807, 2.05) is 6.92 Å². The lowest BCUT2D eigenvalue weighted by molar-refractivity contribution is -0.113. The third-order valence-corrected chi connectivity index (χ3v) is 7.15. The fourth-order valence-electron chi connectivity index (χ4n) is 2.69. The summed E-state index contributed by atoms with van der Waals surface area (Å²) in [6, 6.07) is 6.71. The Bertz CT molecular complexity index is 1150. The molecule has 0 aliphatic rings. The minimum atomic E-state index is -0.450. The van der Waals surface area contributed by atoms with E-state index in [2.05, 4.69) is 15.5 Å². The first kappa shape index (κ1) is 25.4. The lowest BCUT2D eigenvalue weighted by Crippen LogP contribution is -2.16. The van der Waals surface area contributed by atoms with Crippen molar-refractivity contribution in [1.82, 2.24) is 14.8 Å². The first-order valence-electron chi connectivity index (χ1n) is 10.0. The van der Waals surface area contributed by atoms with Gasteiger partial charge in [-0.3, -0.25) is 4.79 Å². The predicted octanol–water partition coefficient (Wildman–Crippen LogP) is 5.23. The Morgan fingerprint density at radius 1 is 1.21 bits per heavy atom. The molecule has 0 unspecified atom stereocenters. The van der Waals surface area contributed by atoms with Gasteiger partial charge in [0.25, 0.3) is 0 Å². The Hall–Kier alpha value is -2.27. The summed E-state index contributed by atoms with van der Waals surface area (Å²) in [6.07, 6.45) is 0.756. The Labute approximate surface area is 209 Å². The highest BCUT2D eigenvalue weighted by molar-refractivity contribution is 7.99. The zero-order valence-corrected chi connectivity index (χ0v) is 21.3. The molecule has 1 aromatic carbocycles. The summed E-state index contributed by atoms with van der Waals surface area (Å²) in [4.78, 5) is 25.7. The average molecular weight is 529 g/mol. The van der Waals surface area contributed by atoms with Gasteiger partial charge in [-0.15, -0.1) is 21.5 Å². The van der Waals surface area contributed by atoms with E-state index in [4.69, 9.17) is 32.7 Å². The molecule has 176 valence electrons. The average Bonchev–Trinajstić information content (AvgIpc) is 3.36. The highest BCUT2D eigenvalue weighted by atomic mass is 35.5. The van der Waals surface area contributed by atoms with Gasteiger partial charge in [-0.25, -0.2) is 4.79 Å². The Balaban J connectivity index is 1.59. The van der Waals surface area contributed by atoms with Crippen LogP contribution < -0.4 is 10.1 Å². The first-order chi connectivity index (χ1) is 15.8. The van der Waals surface area contributed by atoms with Crippen molar-refractivity contribution in [2.45, 2.75) is 32.0 Å². The smallest absolute Gasteiger partial charge is 0.341 e. The number of rotatable bonds is 10. The maximum Gasteiger partial charge on any atom is 0.341 e. The normalized spacial score (nSPS) is 10.8. The van der Waals surface area contributed by atoms with Crippen molar-refractivity contribution in [2.24, 2.45) is 7.05 Å². The van der Waals surface area contributed by atoms with Gasteiger partial charge in [-0.2, -0.15) is 0 Å². The van der Waals surface area contributed by atoms with Gasteiger partial charge in [0.05, 0.1) is 22.9 Å². The van der Waals surface area contributed by atoms with Crippen LogP contribution in [-0.4, -0.2) is 39.0 Å². The number of aryl methyl sites for hydroxylation is 1. The number of esters is 1. The van der Waals surface area contributed by atoms with E-state index in [9.17, 15) is 9.59 Å². The van der Waals surface area contributed by atoms with E-state index in [0.29, 0.717) is 37.3 Å². The quantitative estimate of drug-likeness (QED) is 0.284. The topological polar surface area (TPSA) is 95.3 Å². The van der Waals surface area contributed by atoms with Crippen LogP contribution in [0.2, 0.25) is 10.0 Å². The lowest BCUT2D eigenvalue weighted by Gasteiger charge is -2.08. The highest BCUT2D eigenvalue weighted by Crippen LogP contribution is 2.30. The zero-order valence-electron chi connectivity index (χ0n) is 18.2. The van der Waals surface area contributed by atoms with E-state index in [1.54, 1.807) is 42.8 Å². The molecule has 2 aromatic heterocycles. The van der Waals surface area contributed by atoms with Crippen LogP contribution in [0.5, 0.6) is 5.75 Å². The number of thiophene rings is 1. The molecule has 0 saturated heterocycles. The molecule has 2 heterocycles. The number of halogens is 2. The third-order valence-electron chi connectivity index (χ3n) is 4.39. The number of carbonyl (C=O) groups is 2. The summed E-state index contributed by atoms with van der Waals surface area (Å²) < 4.78 is 12.5. The summed E-state index contributed by atoms with van der Waals surface area (Å²) >= 11 is 14.7. The summed E-state index contributed by atoms with van der Waals surface area (Å²) in [5.41, 5.74) is 0.370. The van der Waals surface area contributed by atoms with Gasteiger partial charge in [-0.1, -0.05) is 41.9 Å². The number of ether oxygens (including phenoxy) is 2. The molecule has 0 aliphatic carbocycles. The molecule has 33 heavy (non-hydrogen) atoms. The molecule has 1 amide bonds. The predicted molar refractivity (Wildman–Crippen MR) is 131 cm³/mol. The highest BCUT2D eigenvalue weighted by Gasteiger charge is 2.19. The largest absolute Gasteiger partial charge is 0.484 e. The molecule has 0 aliphatic heterocycles. The molecule has 0 radical (unpaired) electrons. The molecule has 3 aromatic rings. The van der Waals surface area contributed by atoms with Gasteiger partial charge in [0.1, 0.15) is 17.4 Å². The van der Waals surface area contributed by atoms with Crippen LogP contribution in [0, 0.1) is 0 Å². The van der Waals surface area contributed by atoms with E-state index >= 15 is 0 Å². The summed E-state index contributed by atoms with van der Waals surface area (Å²) in [6.45, 7) is 4.12. The van der Waals surface area contributed by atoms with Gasteiger partial charge in [0.2, 0.25) is 5.91 Å². The molecular formula is C21H22Cl2N4O4S2. The molecule has 0 fully saturated rings. The molecule has 3 rings (SSSR count). The standard InChI is InChI=1S/C21H22Cl2N4O4S2/c1-4-13-9-14(20(29)30-5-2)19(33-13)24-18(28)11-32-21-26-25-17(27(21)3)10-31-16-8-12(22)6-7-15(16)23/h6-9H,4-5,10-11H2,1-3H3,(H,24,28). The Morgan fingerprint density at radius 3 is 2.73 bits per heavy atom. The molecular weight excluding hydrogens is 507 g/mol. The molecule has 0 atom stereocenters. The molecule has 12 heteroatoms. The lowest BCUT2D eigenvalue weighted by atomic mass is 10.2. The molecule has 8 nitrogen and oxygen atoms in total. The van der Waals surface area contributed by atoms with Crippen molar-refractivity contribution >= 4 is 63.2 Å².